The highest BCUT2D eigenvalue weighted by Gasteiger charge is 2.26. The molecule has 70 valence electrons. The summed E-state index contributed by atoms with van der Waals surface area (Å²) >= 11 is 5.89. The van der Waals surface area contributed by atoms with Crippen molar-refractivity contribution in [1.82, 2.24) is 4.90 Å². The zero-order chi connectivity index (χ0) is 9.14. The van der Waals surface area contributed by atoms with Crippen LogP contribution in [0.15, 0.2) is 0 Å². The number of alkyl halides is 1. The zero-order valence-corrected chi connectivity index (χ0v) is 8.47. The molecule has 1 fully saturated rings. The van der Waals surface area contributed by atoms with Gasteiger partial charge in [0.2, 0.25) is 5.91 Å². The van der Waals surface area contributed by atoms with Gasteiger partial charge in [0.1, 0.15) is 0 Å². The molecule has 0 aromatic carbocycles. The van der Waals surface area contributed by atoms with Gasteiger partial charge in [0.15, 0.2) is 0 Å². The quantitative estimate of drug-likeness (QED) is 0.609. The van der Waals surface area contributed by atoms with Crippen LogP contribution in [0, 0.1) is 0 Å². The van der Waals surface area contributed by atoms with Crippen LogP contribution in [0.25, 0.3) is 0 Å². The molecule has 12 heavy (non-hydrogen) atoms. The molecule has 0 aromatic heterocycles. The van der Waals surface area contributed by atoms with E-state index < -0.39 is 0 Å². The third-order valence-corrected chi connectivity index (χ3v) is 2.56. The lowest BCUT2D eigenvalue weighted by molar-refractivity contribution is -0.129. The Morgan fingerprint density at radius 1 is 1.75 bits per heavy atom. The Labute approximate surface area is 78.9 Å². The molecule has 2 nitrogen and oxygen atoms in total. The van der Waals surface area contributed by atoms with Gasteiger partial charge in [-0.15, -0.1) is 11.6 Å². The number of carbonyl (C=O) groups excluding carboxylic acids is 1. The Morgan fingerprint density at radius 2 is 2.42 bits per heavy atom. The molecule has 2 atom stereocenters. The van der Waals surface area contributed by atoms with Crippen LogP contribution in [-0.4, -0.2) is 28.8 Å². The van der Waals surface area contributed by atoms with Crippen LogP contribution in [0.3, 0.4) is 0 Å². The summed E-state index contributed by atoms with van der Waals surface area (Å²) in [6.45, 7) is 4.54. The number of halogens is 1. The Kier molecular flexibility index (Phi) is 3.39. The first-order valence-electron chi connectivity index (χ1n) is 4.52. The maximum atomic E-state index is 11.1. The second-order valence-electron chi connectivity index (χ2n) is 3.52. The second kappa shape index (κ2) is 4.13. The Bertz CT molecular complexity index is 170. The molecule has 1 aliphatic heterocycles. The second-order valence-corrected chi connectivity index (χ2v) is 4.27. The molecule has 0 aliphatic carbocycles. The average Bonchev–Trinajstić information content (AvgIpc) is 2.33. The van der Waals surface area contributed by atoms with Crippen molar-refractivity contribution in [1.29, 1.82) is 0 Å². The SMILES string of the molecule is CC(=O)N1CCCC1CC(C)Cl. The summed E-state index contributed by atoms with van der Waals surface area (Å²) in [4.78, 5) is 13.1. The molecule has 1 amide bonds. The van der Waals surface area contributed by atoms with E-state index in [-0.39, 0.29) is 11.3 Å². The van der Waals surface area contributed by atoms with Gasteiger partial charge in [0.25, 0.3) is 0 Å². The molecule has 1 heterocycles. The van der Waals surface area contributed by atoms with E-state index in [0.29, 0.717) is 6.04 Å². The van der Waals surface area contributed by atoms with Crippen LogP contribution in [0.4, 0.5) is 0 Å². The van der Waals surface area contributed by atoms with Gasteiger partial charge in [0, 0.05) is 24.9 Å². The van der Waals surface area contributed by atoms with Crippen molar-refractivity contribution in [3.05, 3.63) is 0 Å². The summed E-state index contributed by atoms with van der Waals surface area (Å²) in [6.07, 6.45) is 3.19. The van der Waals surface area contributed by atoms with Gasteiger partial charge in [-0.2, -0.15) is 0 Å². The fourth-order valence-corrected chi connectivity index (χ4v) is 2.08. The van der Waals surface area contributed by atoms with Gasteiger partial charge < -0.3 is 4.90 Å². The van der Waals surface area contributed by atoms with Gasteiger partial charge in [-0.05, 0) is 26.2 Å². The summed E-state index contributed by atoms with van der Waals surface area (Å²) in [5.41, 5.74) is 0. The van der Waals surface area contributed by atoms with Gasteiger partial charge >= 0.3 is 0 Å². The molecule has 3 heteroatoms. The number of hydrogen-bond donors (Lipinski definition) is 0. The van der Waals surface area contributed by atoms with Crippen molar-refractivity contribution in [3.63, 3.8) is 0 Å². The number of amides is 1. The van der Waals surface area contributed by atoms with Crippen LogP contribution in [0.1, 0.15) is 33.1 Å². The molecule has 0 spiro atoms. The third-order valence-electron chi connectivity index (χ3n) is 2.38. The molecule has 0 radical (unpaired) electrons. The normalized spacial score (nSPS) is 25.9. The fraction of sp³-hybridized carbons (Fsp3) is 0.889. The predicted octanol–water partition coefficient (Wildman–Crippen LogP) is 2.01. The van der Waals surface area contributed by atoms with Crippen LogP contribution in [-0.2, 0) is 4.79 Å². The molecule has 0 aromatic rings. The minimum absolute atomic E-state index is 0.176. The molecule has 0 N–H and O–H groups in total. The lowest BCUT2D eigenvalue weighted by Crippen LogP contribution is -2.34. The van der Waals surface area contributed by atoms with Crippen molar-refractivity contribution < 1.29 is 4.79 Å². The van der Waals surface area contributed by atoms with E-state index in [1.807, 2.05) is 11.8 Å². The van der Waals surface area contributed by atoms with Gasteiger partial charge in [-0.1, -0.05) is 0 Å². The highest BCUT2D eigenvalue weighted by Crippen LogP contribution is 2.22. The van der Waals surface area contributed by atoms with Crippen molar-refractivity contribution in [3.8, 4) is 0 Å². The van der Waals surface area contributed by atoms with Crippen LogP contribution < -0.4 is 0 Å². The van der Waals surface area contributed by atoms with E-state index in [1.54, 1.807) is 6.92 Å². The Morgan fingerprint density at radius 3 is 2.92 bits per heavy atom. The fourth-order valence-electron chi connectivity index (χ4n) is 1.87. The average molecular weight is 190 g/mol. The lowest BCUT2D eigenvalue weighted by atomic mass is 10.1. The number of rotatable bonds is 2. The largest absolute Gasteiger partial charge is 0.340 e. The molecule has 1 saturated heterocycles. The van der Waals surface area contributed by atoms with Crippen LogP contribution in [0.5, 0.6) is 0 Å². The Balaban J connectivity index is 2.46. The van der Waals surface area contributed by atoms with Crippen molar-refractivity contribution in [2.24, 2.45) is 0 Å². The van der Waals surface area contributed by atoms with Crippen molar-refractivity contribution in [2.75, 3.05) is 6.54 Å². The van der Waals surface area contributed by atoms with E-state index in [4.69, 9.17) is 11.6 Å². The number of likely N-dealkylation sites (tertiary alicyclic amines) is 1. The predicted molar refractivity (Wildman–Crippen MR) is 50.3 cm³/mol. The first-order valence-corrected chi connectivity index (χ1v) is 4.96. The van der Waals surface area contributed by atoms with Gasteiger partial charge in [-0.3, -0.25) is 4.79 Å². The molecular weight excluding hydrogens is 174 g/mol. The summed E-state index contributed by atoms with van der Waals surface area (Å²) < 4.78 is 0. The van der Waals surface area contributed by atoms with Crippen molar-refractivity contribution in [2.45, 2.75) is 44.5 Å². The maximum absolute atomic E-state index is 11.1. The minimum Gasteiger partial charge on any atom is -0.340 e. The molecule has 2 unspecified atom stereocenters. The monoisotopic (exact) mass is 189 g/mol. The summed E-state index contributed by atoms with van der Waals surface area (Å²) in [5.74, 6) is 0.190. The molecule has 0 bridgehead atoms. The first-order chi connectivity index (χ1) is 5.61. The van der Waals surface area contributed by atoms with E-state index >= 15 is 0 Å². The summed E-state index contributed by atoms with van der Waals surface area (Å²) in [5, 5.41) is 0.176. The van der Waals surface area contributed by atoms with E-state index in [0.717, 1.165) is 25.8 Å². The molecular formula is C9H16ClNO. The number of hydrogen-bond acceptors (Lipinski definition) is 1. The van der Waals surface area contributed by atoms with Gasteiger partial charge in [-0.25, -0.2) is 0 Å². The molecule has 0 saturated carbocycles. The topological polar surface area (TPSA) is 20.3 Å². The molecule has 1 rings (SSSR count). The lowest BCUT2D eigenvalue weighted by Gasteiger charge is -2.23. The number of nitrogens with zero attached hydrogens (tertiary/aromatic N) is 1. The zero-order valence-electron chi connectivity index (χ0n) is 7.72. The van der Waals surface area contributed by atoms with Crippen LogP contribution >= 0.6 is 11.6 Å². The van der Waals surface area contributed by atoms with Gasteiger partial charge in [0.05, 0.1) is 0 Å². The van der Waals surface area contributed by atoms with E-state index in [2.05, 4.69) is 0 Å². The first kappa shape index (κ1) is 9.85. The number of carbonyl (C=O) groups is 1. The Hall–Kier alpha value is -0.240. The van der Waals surface area contributed by atoms with E-state index in [9.17, 15) is 4.79 Å². The smallest absolute Gasteiger partial charge is 0.219 e. The van der Waals surface area contributed by atoms with Crippen molar-refractivity contribution >= 4 is 17.5 Å². The maximum Gasteiger partial charge on any atom is 0.219 e. The third kappa shape index (κ3) is 2.37. The summed E-state index contributed by atoms with van der Waals surface area (Å²) in [7, 11) is 0. The van der Waals surface area contributed by atoms with Crippen LogP contribution in [0.2, 0.25) is 0 Å². The molecule has 1 aliphatic rings. The summed E-state index contributed by atoms with van der Waals surface area (Å²) in [6, 6.07) is 0.398. The highest BCUT2D eigenvalue weighted by atomic mass is 35.5. The standard InChI is InChI=1S/C9H16ClNO/c1-7(10)6-9-4-3-5-11(9)8(2)12/h7,9H,3-6H2,1-2H3. The van der Waals surface area contributed by atoms with E-state index in [1.165, 1.54) is 0 Å². The minimum atomic E-state index is 0.176. The highest BCUT2D eigenvalue weighted by molar-refractivity contribution is 6.20.